The Hall–Kier alpha value is -0.610. The third-order valence-electron chi connectivity index (χ3n) is 4.18. The van der Waals surface area contributed by atoms with Crippen LogP contribution >= 0.6 is 0 Å². The Morgan fingerprint density at radius 2 is 2.18 bits per heavy atom. The van der Waals surface area contributed by atoms with Crippen molar-refractivity contribution in [3.05, 3.63) is 0 Å². The van der Waals surface area contributed by atoms with E-state index in [1.165, 1.54) is 0 Å². The van der Waals surface area contributed by atoms with Gasteiger partial charge < -0.3 is 15.4 Å². The first-order valence-corrected chi connectivity index (χ1v) is 6.49. The Kier molecular flexibility index (Phi) is 3.21. The third-order valence-corrected chi connectivity index (χ3v) is 4.18. The molecule has 17 heavy (non-hydrogen) atoms. The Morgan fingerprint density at radius 1 is 1.47 bits per heavy atom. The highest BCUT2D eigenvalue weighted by Crippen LogP contribution is 2.34. The van der Waals surface area contributed by atoms with Crippen LogP contribution in [0.4, 0.5) is 0 Å². The van der Waals surface area contributed by atoms with Gasteiger partial charge in [0.05, 0.1) is 6.61 Å². The van der Waals surface area contributed by atoms with E-state index in [9.17, 15) is 4.79 Å². The van der Waals surface area contributed by atoms with Gasteiger partial charge in [0.1, 0.15) is 5.54 Å². The molecule has 2 heterocycles. The van der Waals surface area contributed by atoms with Gasteiger partial charge in [-0.05, 0) is 24.2 Å². The highest BCUT2D eigenvalue weighted by molar-refractivity contribution is 5.86. The summed E-state index contributed by atoms with van der Waals surface area (Å²) >= 11 is 0. The van der Waals surface area contributed by atoms with Gasteiger partial charge in [0.2, 0.25) is 5.91 Å². The number of carbonyl (C=O) groups is 1. The minimum Gasteiger partial charge on any atom is -0.379 e. The first-order valence-electron chi connectivity index (χ1n) is 6.49. The Balaban J connectivity index is 1.99. The lowest BCUT2D eigenvalue weighted by atomic mass is 9.80. The van der Waals surface area contributed by atoms with E-state index in [-0.39, 0.29) is 11.3 Å². The van der Waals surface area contributed by atoms with Crippen molar-refractivity contribution in [3.8, 4) is 0 Å². The van der Waals surface area contributed by atoms with Gasteiger partial charge in [-0.3, -0.25) is 4.79 Å². The molecule has 1 amide bonds. The second kappa shape index (κ2) is 4.25. The smallest absolute Gasteiger partial charge is 0.245 e. The number of rotatable bonds is 1. The van der Waals surface area contributed by atoms with Crippen LogP contribution in [0.5, 0.6) is 0 Å². The van der Waals surface area contributed by atoms with Gasteiger partial charge in [0.15, 0.2) is 0 Å². The highest BCUT2D eigenvalue weighted by atomic mass is 16.5. The molecular weight excluding hydrogens is 216 g/mol. The fourth-order valence-electron chi connectivity index (χ4n) is 2.72. The lowest BCUT2D eigenvalue weighted by Crippen LogP contribution is -2.55. The van der Waals surface area contributed by atoms with Crippen LogP contribution in [0.2, 0.25) is 0 Å². The zero-order valence-corrected chi connectivity index (χ0v) is 11.2. The van der Waals surface area contributed by atoms with Crippen LogP contribution in [0.15, 0.2) is 0 Å². The summed E-state index contributed by atoms with van der Waals surface area (Å²) in [5, 5.41) is 0. The number of nitrogens with two attached hydrogens (primary N) is 1. The first kappa shape index (κ1) is 12.8. The summed E-state index contributed by atoms with van der Waals surface area (Å²) in [6.07, 6.45) is 1.74. The van der Waals surface area contributed by atoms with Crippen molar-refractivity contribution in [1.29, 1.82) is 0 Å². The SMILES string of the molecule is CC(C)(C)C1CCN(C(=O)C2(N)CCOC2)C1. The van der Waals surface area contributed by atoms with Crippen molar-refractivity contribution in [2.45, 2.75) is 39.2 Å². The van der Waals surface area contributed by atoms with Crippen LogP contribution in [-0.2, 0) is 9.53 Å². The average Bonchev–Trinajstić information content (AvgIpc) is 2.84. The molecule has 2 rings (SSSR count). The molecule has 0 aliphatic carbocycles. The van der Waals surface area contributed by atoms with Gasteiger partial charge in [0.25, 0.3) is 0 Å². The normalized spacial score (nSPS) is 34.4. The van der Waals surface area contributed by atoms with E-state index in [1.807, 2.05) is 4.90 Å². The van der Waals surface area contributed by atoms with Crippen molar-refractivity contribution >= 4 is 5.91 Å². The second-order valence-electron chi connectivity index (χ2n) is 6.56. The summed E-state index contributed by atoms with van der Waals surface area (Å²) in [6.45, 7) is 9.40. The molecule has 0 aromatic rings. The van der Waals surface area contributed by atoms with Crippen molar-refractivity contribution in [2.75, 3.05) is 26.3 Å². The summed E-state index contributed by atoms with van der Waals surface area (Å²) in [5.41, 5.74) is 5.63. The number of likely N-dealkylation sites (tertiary alicyclic amines) is 1. The van der Waals surface area contributed by atoms with E-state index in [2.05, 4.69) is 20.8 Å². The van der Waals surface area contributed by atoms with E-state index in [4.69, 9.17) is 10.5 Å². The summed E-state index contributed by atoms with van der Waals surface area (Å²) in [4.78, 5) is 14.3. The first-order chi connectivity index (χ1) is 7.83. The number of hydrogen-bond donors (Lipinski definition) is 1. The molecule has 2 aliphatic heterocycles. The third kappa shape index (κ3) is 2.47. The lowest BCUT2D eigenvalue weighted by molar-refractivity contribution is -0.136. The number of ether oxygens (including phenoxy) is 1. The second-order valence-corrected chi connectivity index (χ2v) is 6.56. The molecule has 2 aliphatic rings. The number of hydrogen-bond acceptors (Lipinski definition) is 3. The molecular formula is C13H24N2O2. The predicted octanol–water partition coefficient (Wildman–Crippen LogP) is 0.999. The van der Waals surface area contributed by atoms with Crippen LogP contribution < -0.4 is 5.73 Å². The van der Waals surface area contributed by atoms with Gasteiger partial charge in [-0.1, -0.05) is 20.8 Å². The number of carbonyl (C=O) groups excluding carboxylic acids is 1. The monoisotopic (exact) mass is 240 g/mol. The topological polar surface area (TPSA) is 55.6 Å². The Morgan fingerprint density at radius 3 is 2.65 bits per heavy atom. The lowest BCUT2D eigenvalue weighted by Gasteiger charge is -2.30. The zero-order valence-electron chi connectivity index (χ0n) is 11.2. The molecule has 4 heteroatoms. The van der Waals surface area contributed by atoms with E-state index < -0.39 is 5.54 Å². The summed E-state index contributed by atoms with van der Waals surface area (Å²) in [5.74, 6) is 0.666. The fourth-order valence-corrected chi connectivity index (χ4v) is 2.72. The van der Waals surface area contributed by atoms with E-state index >= 15 is 0 Å². The molecule has 2 unspecified atom stereocenters. The Labute approximate surface area is 103 Å². The maximum atomic E-state index is 12.4. The molecule has 2 atom stereocenters. The van der Waals surface area contributed by atoms with Crippen LogP contribution in [0.25, 0.3) is 0 Å². The minimum atomic E-state index is -0.757. The van der Waals surface area contributed by atoms with Gasteiger partial charge in [-0.25, -0.2) is 0 Å². The van der Waals surface area contributed by atoms with Crippen molar-refractivity contribution < 1.29 is 9.53 Å². The molecule has 0 radical (unpaired) electrons. The molecule has 0 spiro atoms. The van der Waals surface area contributed by atoms with Crippen LogP contribution in [0.3, 0.4) is 0 Å². The van der Waals surface area contributed by atoms with Crippen LogP contribution in [-0.4, -0.2) is 42.6 Å². The predicted molar refractivity (Wildman–Crippen MR) is 66.5 cm³/mol. The molecule has 0 aromatic heterocycles. The molecule has 0 aromatic carbocycles. The van der Waals surface area contributed by atoms with Gasteiger partial charge in [0, 0.05) is 19.7 Å². The molecule has 2 saturated heterocycles. The molecule has 2 N–H and O–H groups in total. The minimum absolute atomic E-state index is 0.0850. The number of nitrogens with zero attached hydrogens (tertiary/aromatic N) is 1. The summed E-state index contributed by atoms with van der Waals surface area (Å²) < 4.78 is 5.26. The van der Waals surface area contributed by atoms with Gasteiger partial charge in [-0.2, -0.15) is 0 Å². The maximum absolute atomic E-state index is 12.4. The van der Waals surface area contributed by atoms with E-state index in [0.717, 1.165) is 19.5 Å². The van der Waals surface area contributed by atoms with Crippen LogP contribution in [0, 0.1) is 11.3 Å². The van der Waals surface area contributed by atoms with Gasteiger partial charge >= 0.3 is 0 Å². The summed E-state index contributed by atoms with van der Waals surface area (Å²) in [7, 11) is 0. The average molecular weight is 240 g/mol. The largest absolute Gasteiger partial charge is 0.379 e. The highest BCUT2D eigenvalue weighted by Gasteiger charge is 2.44. The molecule has 98 valence electrons. The molecule has 0 bridgehead atoms. The van der Waals surface area contributed by atoms with Crippen LogP contribution in [0.1, 0.15) is 33.6 Å². The standard InChI is InChI=1S/C13H24N2O2/c1-12(2,3)10-4-6-15(8-10)11(16)13(14)5-7-17-9-13/h10H,4-9,14H2,1-3H3. The molecule has 4 nitrogen and oxygen atoms in total. The molecule has 2 fully saturated rings. The van der Waals surface area contributed by atoms with E-state index in [0.29, 0.717) is 25.6 Å². The van der Waals surface area contributed by atoms with Crippen molar-refractivity contribution in [1.82, 2.24) is 4.90 Å². The van der Waals surface area contributed by atoms with Gasteiger partial charge in [-0.15, -0.1) is 0 Å². The molecule has 0 saturated carbocycles. The zero-order chi connectivity index (χ0) is 12.7. The maximum Gasteiger partial charge on any atom is 0.245 e. The number of amides is 1. The van der Waals surface area contributed by atoms with Crippen molar-refractivity contribution in [3.63, 3.8) is 0 Å². The van der Waals surface area contributed by atoms with E-state index in [1.54, 1.807) is 0 Å². The summed E-state index contributed by atoms with van der Waals surface area (Å²) in [6, 6.07) is 0. The van der Waals surface area contributed by atoms with Crippen molar-refractivity contribution in [2.24, 2.45) is 17.1 Å². The Bertz CT molecular complexity index is 303. The fraction of sp³-hybridized carbons (Fsp3) is 0.923. The quantitative estimate of drug-likeness (QED) is 0.744.